The summed E-state index contributed by atoms with van der Waals surface area (Å²) in [6.07, 6.45) is 5.53. The fourth-order valence-corrected chi connectivity index (χ4v) is 3.72. The molecule has 4 heteroatoms. The number of hydrogen-bond acceptors (Lipinski definition) is 4. The van der Waals surface area contributed by atoms with E-state index in [0.29, 0.717) is 6.04 Å². The Bertz CT molecular complexity index is 540. The average molecular weight is 288 g/mol. The molecule has 1 aromatic carbocycles. The third-order valence-corrected chi connectivity index (χ3v) is 4.94. The molecule has 3 rings (SSSR count). The number of rotatable bonds is 4. The second kappa shape index (κ2) is 6.48. The molecule has 1 unspecified atom stereocenters. The van der Waals surface area contributed by atoms with E-state index in [9.17, 15) is 5.11 Å². The van der Waals surface area contributed by atoms with Crippen LogP contribution in [0.4, 0.5) is 0 Å². The van der Waals surface area contributed by atoms with Gasteiger partial charge >= 0.3 is 0 Å². The number of aliphatic hydroxyl groups is 1. The van der Waals surface area contributed by atoms with E-state index in [2.05, 4.69) is 34.1 Å². The second-order valence-corrected chi connectivity index (χ2v) is 6.40. The molecule has 2 heterocycles. The van der Waals surface area contributed by atoms with E-state index >= 15 is 0 Å². The van der Waals surface area contributed by atoms with Crippen LogP contribution in [0.25, 0.3) is 10.4 Å². The van der Waals surface area contributed by atoms with Crippen LogP contribution in [0.5, 0.6) is 0 Å². The first-order chi connectivity index (χ1) is 9.86. The Morgan fingerprint density at radius 3 is 2.90 bits per heavy atom. The van der Waals surface area contributed by atoms with Gasteiger partial charge in [-0.3, -0.25) is 4.90 Å². The number of aliphatic hydroxyl groups excluding tert-OH is 1. The van der Waals surface area contributed by atoms with E-state index in [1.807, 2.05) is 12.3 Å². The minimum Gasteiger partial charge on any atom is -0.395 e. The molecule has 1 aromatic heterocycles. The molecule has 106 valence electrons. The van der Waals surface area contributed by atoms with Gasteiger partial charge in [0, 0.05) is 12.2 Å². The summed E-state index contributed by atoms with van der Waals surface area (Å²) in [5, 5.41) is 10.6. The van der Waals surface area contributed by atoms with E-state index in [1.165, 1.54) is 23.3 Å². The van der Waals surface area contributed by atoms with Gasteiger partial charge in [-0.05, 0) is 24.9 Å². The maximum atomic E-state index is 9.46. The van der Waals surface area contributed by atoms with Crippen LogP contribution in [0.3, 0.4) is 0 Å². The highest BCUT2D eigenvalue weighted by atomic mass is 32.1. The third-order valence-electron chi connectivity index (χ3n) is 3.91. The number of aromatic nitrogens is 1. The predicted molar refractivity (Wildman–Crippen MR) is 82.7 cm³/mol. The van der Waals surface area contributed by atoms with E-state index in [4.69, 9.17) is 0 Å². The van der Waals surface area contributed by atoms with Gasteiger partial charge in [0.15, 0.2) is 0 Å². The van der Waals surface area contributed by atoms with Gasteiger partial charge in [-0.2, -0.15) is 0 Å². The number of thiazole rings is 1. The molecule has 0 bridgehead atoms. The normalized spacial score (nSPS) is 20.1. The standard InChI is InChI=1S/C16H20N2OS/c19-12-14-8-4-5-9-18(14)11-16-17-10-15(20-16)13-6-2-1-3-7-13/h1-3,6-7,10,14,19H,4-5,8-9,11-12H2. The molecule has 1 N–H and O–H groups in total. The van der Waals surface area contributed by atoms with Gasteiger partial charge in [-0.15, -0.1) is 11.3 Å². The van der Waals surface area contributed by atoms with Gasteiger partial charge in [-0.25, -0.2) is 4.98 Å². The highest BCUT2D eigenvalue weighted by molar-refractivity contribution is 7.15. The first-order valence-electron chi connectivity index (χ1n) is 7.22. The molecular weight excluding hydrogens is 268 g/mol. The first-order valence-corrected chi connectivity index (χ1v) is 8.03. The van der Waals surface area contributed by atoms with Crippen LogP contribution in [-0.2, 0) is 6.54 Å². The summed E-state index contributed by atoms with van der Waals surface area (Å²) >= 11 is 1.76. The second-order valence-electron chi connectivity index (χ2n) is 5.29. The minimum absolute atomic E-state index is 0.261. The molecule has 0 amide bonds. The molecule has 1 aliphatic heterocycles. The monoisotopic (exact) mass is 288 g/mol. The van der Waals surface area contributed by atoms with Gasteiger partial charge in [0.1, 0.15) is 5.01 Å². The van der Waals surface area contributed by atoms with Crippen LogP contribution in [-0.4, -0.2) is 34.2 Å². The molecule has 0 saturated carbocycles. The van der Waals surface area contributed by atoms with Crippen molar-refractivity contribution in [3.05, 3.63) is 41.5 Å². The average Bonchev–Trinajstić information content (AvgIpc) is 2.97. The summed E-state index contributed by atoms with van der Waals surface area (Å²) in [6.45, 7) is 2.20. The Labute approximate surface area is 123 Å². The summed E-state index contributed by atoms with van der Waals surface area (Å²) in [5.74, 6) is 0. The van der Waals surface area contributed by atoms with Crippen molar-refractivity contribution < 1.29 is 5.11 Å². The number of benzene rings is 1. The summed E-state index contributed by atoms with van der Waals surface area (Å²) in [4.78, 5) is 8.14. The van der Waals surface area contributed by atoms with Crippen LogP contribution in [0.15, 0.2) is 36.5 Å². The topological polar surface area (TPSA) is 36.4 Å². The van der Waals surface area contributed by atoms with Crippen molar-refractivity contribution in [2.24, 2.45) is 0 Å². The van der Waals surface area contributed by atoms with E-state index in [-0.39, 0.29) is 6.61 Å². The zero-order valence-electron chi connectivity index (χ0n) is 11.5. The van der Waals surface area contributed by atoms with E-state index in [1.54, 1.807) is 11.3 Å². The SMILES string of the molecule is OCC1CCCCN1Cc1ncc(-c2ccccc2)s1. The fourth-order valence-electron chi connectivity index (χ4n) is 2.77. The molecule has 1 atom stereocenters. The lowest BCUT2D eigenvalue weighted by atomic mass is 10.0. The van der Waals surface area contributed by atoms with Crippen molar-refractivity contribution in [1.29, 1.82) is 0 Å². The summed E-state index contributed by atoms with van der Waals surface area (Å²) in [6, 6.07) is 10.7. The summed E-state index contributed by atoms with van der Waals surface area (Å²) < 4.78 is 0. The Hall–Kier alpha value is -1.23. The maximum absolute atomic E-state index is 9.46. The summed E-state index contributed by atoms with van der Waals surface area (Å²) in [7, 11) is 0. The zero-order valence-corrected chi connectivity index (χ0v) is 12.4. The largest absolute Gasteiger partial charge is 0.395 e. The Kier molecular flexibility index (Phi) is 4.45. The molecule has 20 heavy (non-hydrogen) atoms. The number of nitrogens with zero attached hydrogens (tertiary/aromatic N) is 2. The molecule has 0 radical (unpaired) electrons. The quantitative estimate of drug-likeness (QED) is 0.939. The van der Waals surface area contributed by atoms with Crippen LogP contribution in [0.1, 0.15) is 24.3 Å². The lowest BCUT2D eigenvalue weighted by Crippen LogP contribution is -2.41. The van der Waals surface area contributed by atoms with Gasteiger partial charge in [-0.1, -0.05) is 36.8 Å². The van der Waals surface area contributed by atoms with Crippen molar-refractivity contribution in [2.45, 2.75) is 31.8 Å². The number of hydrogen-bond donors (Lipinski definition) is 1. The zero-order chi connectivity index (χ0) is 13.8. The van der Waals surface area contributed by atoms with Crippen LogP contribution in [0.2, 0.25) is 0 Å². The number of likely N-dealkylation sites (tertiary alicyclic amines) is 1. The van der Waals surface area contributed by atoms with Crippen LogP contribution >= 0.6 is 11.3 Å². The molecule has 0 spiro atoms. The van der Waals surface area contributed by atoms with Gasteiger partial charge in [0.05, 0.1) is 18.0 Å². The van der Waals surface area contributed by atoms with Crippen molar-refractivity contribution in [3.8, 4) is 10.4 Å². The molecule has 2 aromatic rings. The Morgan fingerprint density at radius 2 is 2.10 bits per heavy atom. The molecular formula is C16H20N2OS. The fraction of sp³-hybridized carbons (Fsp3) is 0.438. The lowest BCUT2D eigenvalue weighted by molar-refractivity contribution is 0.0840. The van der Waals surface area contributed by atoms with Gasteiger partial charge in [0.2, 0.25) is 0 Å². The molecule has 3 nitrogen and oxygen atoms in total. The van der Waals surface area contributed by atoms with Crippen LogP contribution < -0.4 is 0 Å². The lowest BCUT2D eigenvalue weighted by Gasteiger charge is -2.33. The van der Waals surface area contributed by atoms with Crippen molar-refractivity contribution in [2.75, 3.05) is 13.2 Å². The maximum Gasteiger partial charge on any atom is 0.107 e. The third kappa shape index (κ3) is 3.08. The summed E-state index contributed by atoms with van der Waals surface area (Å²) in [5.41, 5.74) is 1.23. The van der Waals surface area contributed by atoms with Crippen molar-refractivity contribution in [1.82, 2.24) is 9.88 Å². The predicted octanol–water partition coefficient (Wildman–Crippen LogP) is 3.16. The Morgan fingerprint density at radius 1 is 1.25 bits per heavy atom. The molecule has 1 saturated heterocycles. The molecule has 0 aliphatic carbocycles. The van der Waals surface area contributed by atoms with Crippen molar-refractivity contribution in [3.63, 3.8) is 0 Å². The van der Waals surface area contributed by atoms with E-state index in [0.717, 1.165) is 24.5 Å². The van der Waals surface area contributed by atoms with Gasteiger partial charge < -0.3 is 5.11 Å². The highest BCUT2D eigenvalue weighted by Crippen LogP contribution is 2.28. The Balaban J connectivity index is 1.71. The van der Waals surface area contributed by atoms with Gasteiger partial charge in [0.25, 0.3) is 0 Å². The molecule has 1 fully saturated rings. The smallest absolute Gasteiger partial charge is 0.107 e. The minimum atomic E-state index is 0.261. The molecule has 1 aliphatic rings. The number of piperidine rings is 1. The first kappa shape index (κ1) is 13.7. The van der Waals surface area contributed by atoms with Crippen LogP contribution in [0, 0.1) is 0 Å². The van der Waals surface area contributed by atoms with Crippen molar-refractivity contribution >= 4 is 11.3 Å². The van der Waals surface area contributed by atoms with E-state index < -0.39 is 0 Å². The highest BCUT2D eigenvalue weighted by Gasteiger charge is 2.22.